The molecule has 2 atom stereocenters. The SMILES string of the molecule is CC(CCC1CO1)C(C)(C)[O][Zr]. The summed E-state index contributed by atoms with van der Waals surface area (Å²) in [7, 11) is 0. The van der Waals surface area contributed by atoms with Crippen LogP contribution in [0.1, 0.15) is 33.6 Å². The first-order chi connectivity index (χ1) is 5.56. The van der Waals surface area contributed by atoms with Crippen LogP contribution < -0.4 is 0 Å². The Bertz CT molecular complexity index is 143. The first-order valence-corrected chi connectivity index (χ1v) is 5.53. The zero-order valence-corrected chi connectivity index (χ0v) is 10.6. The standard InChI is InChI=1S/C9H17O2.Zr/c1-7(9(2,3)10)4-5-8-6-11-8;/h7-8H,4-6H2,1-3H3;/q-1;+1. The molecular formula is C9H17O2Zr. The monoisotopic (exact) mass is 247 g/mol. The maximum atomic E-state index is 5.50. The topological polar surface area (TPSA) is 21.8 Å². The van der Waals surface area contributed by atoms with Gasteiger partial charge in [0.25, 0.3) is 0 Å². The van der Waals surface area contributed by atoms with Crippen LogP contribution in [0.25, 0.3) is 0 Å². The summed E-state index contributed by atoms with van der Waals surface area (Å²) in [5.41, 5.74) is 0.0488. The van der Waals surface area contributed by atoms with Crippen LogP contribution in [-0.4, -0.2) is 18.3 Å². The molecule has 2 nitrogen and oxygen atoms in total. The second-order valence-corrected chi connectivity index (χ2v) is 4.64. The number of hydrogen-bond acceptors (Lipinski definition) is 2. The fourth-order valence-corrected chi connectivity index (χ4v) is 1.61. The Morgan fingerprint density at radius 3 is 2.67 bits per heavy atom. The van der Waals surface area contributed by atoms with Crippen molar-refractivity contribution in [3.63, 3.8) is 0 Å². The second-order valence-electron chi connectivity index (χ2n) is 4.14. The zero-order chi connectivity index (χ0) is 9.19. The molecule has 1 rings (SSSR count). The quantitative estimate of drug-likeness (QED) is 0.695. The number of rotatable bonds is 5. The minimum absolute atomic E-state index is 0.0488. The van der Waals surface area contributed by atoms with Gasteiger partial charge in [-0.1, -0.05) is 0 Å². The average molecular weight is 248 g/mol. The van der Waals surface area contributed by atoms with Crippen molar-refractivity contribution in [1.29, 1.82) is 0 Å². The number of hydrogen-bond donors (Lipinski definition) is 0. The van der Waals surface area contributed by atoms with E-state index in [1.54, 1.807) is 0 Å². The van der Waals surface area contributed by atoms with Gasteiger partial charge in [-0.05, 0) is 0 Å². The molecular weight excluding hydrogens is 231 g/mol. The summed E-state index contributed by atoms with van der Waals surface area (Å²) in [6.45, 7) is 7.57. The van der Waals surface area contributed by atoms with Gasteiger partial charge in [0, 0.05) is 0 Å². The molecule has 0 saturated carbocycles. The molecule has 1 heterocycles. The Morgan fingerprint density at radius 1 is 1.67 bits per heavy atom. The third-order valence-corrected chi connectivity index (χ3v) is 4.07. The van der Waals surface area contributed by atoms with E-state index in [-0.39, 0.29) is 5.60 Å². The molecule has 12 heavy (non-hydrogen) atoms. The van der Waals surface area contributed by atoms with Crippen LogP contribution in [0.15, 0.2) is 0 Å². The summed E-state index contributed by atoms with van der Waals surface area (Å²) in [5.74, 6) is 0.626. The summed E-state index contributed by atoms with van der Waals surface area (Å²) < 4.78 is 10.7. The minimum atomic E-state index is 0.0488. The van der Waals surface area contributed by atoms with Crippen molar-refractivity contribution in [2.75, 3.05) is 6.61 Å². The molecule has 0 aromatic heterocycles. The molecule has 1 aliphatic heterocycles. The first kappa shape index (κ1) is 10.9. The van der Waals surface area contributed by atoms with Crippen LogP contribution >= 0.6 is 0 Å². The molecule has 0 amide bonds. The number of epoxide rings is 1. The predicted molar refractivity (Wildman–Crippen MR) is 43.3 cm³/mol. The van der Waals surface area contributed by atoms with E-state index in [4.69, 9.17) is 7.55 Å². The van der Waals surface area contributed by atoms with E-state index >= 15 is 0 Å². The molecule has 1 aliphatic rings. The van der Waals surface area contributed by atoms with Crippen LogP contribution in [0, 0.1) is 5.92 Å². The Balaban J connectivity index is 2.20. The fraction of sp³-hybridized carbons (Fsp3) is 1.00. The summed E-state index contributed by atoms with van der Waals surface area (Å²) in [6, 6.07) is 0. The van der Waals surface area contributed by atoms with Crippen LogP contribution in [-0.2, 0) is 32.7 Å². The Hall–Kier alpha value is 0.803. The van der Waals surface area contributed by atoms with Gasteiger partial charge in [0.2, 0.25) is 0 Å². The van der Waals surface area contributed by atoms with E-state index in [9.17, 15) is 0 Å². The predicted octanol–water partition coefficient (Wildman–Crippen LogP) is 2.06. The van der Waals surface area contributed by atoms with E-state index in [0.29, 0.717) is 12.0 Å². The zero-order valence-electron chi connectivity index (χ0n) is 8.09. The Kier molecular flexibility index (Phi) is 3.94. The maximum absolute atomic E-state index is 5.50. The number of ether oxygens (including phenoxy) is 1. The molecule has 0 radical (unpaired) electrons. The van der Waals surface area contributed by atoms with Gasteiger partial charge in [-0.2, -0.15) is 0 Å². The van der Waals surface area contributed by atoms with Crippen LogP contribution in [0.2, 0.25) is 0 Å². The summed E-state index contributed by atoms with van der Waals surface area (Å²) in [4.78, 5) is 0. The van der Waals surface area contributed by atoms with Gasteiger partial charge in [0.1, 0.15) is 0 Å². The van der Waals surface area contributed by atoms with Gasteiger partial charge in [0.05, 0.1) is 0 Å². The van der Waals surface area contributed by atoms with Gasteiger partial charge in [-0.3, -0.25) is 0 Å². The van der Waals surface area contributed by atoms with Crippen molar-refractivity contribution in [2.45, 2.75) is 45.3 Å². The van der Waals surface area contributed by atoms with Crippen molar-refractivity contribution in [3.05, 3.63) is 0 Å². The first-order valence-electron chi connectivity index (χ1n) is 4.52. The fourth-order valence-electron chi connectivity index (χ4n) is 1.12. The second kappa shape index (κ2) is 4.35. The van der Waals surface area contributed by atoms with Crippen LogP contribution in [0.4, 0.5) is 0 Å². The summed E-state index contributed by atoms with van der Waals surface area (Å²) in [6.07, 6.45) is 2.98. The van der Waals surface area contributed by atoms with Crippen LogP contribution in [0.3, 0.4) is 0 Å². The molecule has 0 aromatic carbocycles. The molecule has 0 spiro atoms. The normalized spacial score (nSPS) is 25.3. The third-order valence-electron chi connectivity index (χ3n) is 2.77. The summed E-state index contributed by atoms with van der Waals surface area (Å²) >= 11 is 1.17. The van der Waals surface area contributed by atoms with Gasteiger partial charge in [0.15, 0.2) is 0 Å². The van der Waals surface area contributed by atoms with E-state index in [0.717, 1.165) is 6.61 Å². The third kappa shape index (κ3) is 3.28. The van der Waals surface area contributed by atoms with Crippen LogP contribution in [0.5, 0.6) is 0 Å². The molecule has 0 bridgehead atoms. The molecule has 1 fully saturated rings. The van der Waals surface area contributed by atoms with Gasteiger partial charge in [-0.25, -0.2) is 0 Å². The van der Waals surface area contributed by atoms with Gasteiger partial charge >= 0.3 is 90.6 Å². The molecule has 0 aromatic rings. The van der Waals surface area contributed by atoms with Gasteiger partial charge in [-0.15, -0.1) is 0 Å². The van der Waals surface area contributed by atoms with E-state index < -0.39 is 0 Å². The van der Waals surface area contributed by atoms with E-state index in [2.05, 4.69) is 20.8 Å². The molecule has 2 unspecified atom stereocenters. The molecule has 0 N–H and O–H groups in total. The van der Waals surface area contributed by atoms with E-state index in [1.807, 2.05) is 0 Å². The van der Waals surface area contributed by atoms with Crippen molar-refractivity contribution in [3.8, 4) is 0 Å². The van der Waals surface area contributed by atoms with Crippen molar-refractivity contribution < 1.29 is 32.7 Å². The molecule has 0 aliphatic carbocycles. The molecule has 1 saturated heterocycles. The molecule has 3 heteroatoms. The average Bonchev–Trinajstić information content (AvgIpc) is 2.83. The van der Waals surface area contributed by atoms with E-state index in [1.165, 1.54) is 38.0 Å². The Labute approximate surface area is 90.5 Å². The van der Waals surface area contributed by atoms with Crippen molar-refractivity contribution in [2.24, 2.45) is 5.92 Å². The van der Waals surface area contributed by atoms with Crippen molar-refractivity contribution >= 4 is 0 Å². The summed E-state index contributed by atoms with van der Waals surface area (Å²) in [5, 5.41) is 0. The Morgan fingerprint density at radius 2 is 2.25 bits per heavy atom. The van der Waals surface area contributed by atoms with Gasteiger partial charge < -0.3 is 0 Å². The van der Waals surface area contributed by atoms with Crippen molar-refractivity contribution in [1.82, 2.24) is 0 Å². The molecule has 69 valence electrons.